The van der Waals surface area contributed by atoms with Gasteiger partial charge >= 0.3 is 6.18 Å². The number of hydrogen-bond acceptors (Lipinski definition) is 5. The predicted molar refractivity (Wildman–Crippen MR) is 145 cm³/mol. The van der Waals surface area contributed by atoms with Gasteiger partial charge in [0.2, 0.25) is 5.95 Å². The van der Waals surface area contributed by atoms with E-state index < -0.39 is 12.7 Å². The molecule has 2 fully saturated rings. The number of halogens is 3. The number of anilines is 2. The molecule has 1 saturated heterocycles. The van der Waals surface area contributed by atoms with Crippen molar-refractivity contribution < 1.29 is 13.2 Å². The second-order valence-corrected chi connectivity index (χ2v) is 10.1. The number of rotatable bonds is 5. The highest BCUT2D eigenvalue weighted by Crippen LogP contribution is 2.37. The van der Waals surface area contributed by atoms with Gasteiger partial charge in [-0.1, -0.05) is 39.2 Å². The van der Waals surface area contributed by atoms with Crippen LogP contribution in [-0.4, -0.2) is 51.8 Å². The minimum Gasteiger partial charge on any atom is -0.382 e. The molecular weight excluding hydrogens is 477 g/mol. The van der Waals surface area contributed by atoms with E-state index in [-0.39, 0.29) is 11.9 Å². The Morgan fingerprint density at radius 1 is 1.00 bits per heavy atom. The molecule has 0 bridgehead atoms. The van der Waals surface area contributed by atoms with Crippen molar-refractivity contribution in [3.8, 4) is 11.4 Å². The molecule has 37 heavy (non-hydrogen) atoms. The van der Waals surface area contributed by atoms with Crippen LogP contribution in [0.15, 0.2) is 30.3 Å². The Balaban J connectivity index is 0.00000156. The molecule has 0 amide bonds. The molecule has 5 rings (SSSR count). The van der Waals surface area contributed by atoms with Crippen LogP contribution in [0.5, 0.6) is 0 Å². The number of benzene rings is 1. The van der Waals surface area contributed by atoms with Crippen LogP contribution in [0.3, 0.4) is 0 Å². The number of nitrogens with two attached hydrogens (primary N) is 1. The monoisotopic (exact) mass is 516 g/mol. The Morgan fingerprint density at radius 3 is 2.38 bits per heavy atom. The molecule has 6 nitrogen and oxygen atoms in total. The van der Waals surface area contributed by atoms with E-state index in [1.54, 1.807) is 6.07 Å². The number of likely N-dealkylation sites (tertiary alicyclic amines) is 1. The van der Waals surface area contributed by atoms with E-state index in [4.69, 9.17) is 5.73 Å². The summed E-state index contributed by atoms with van der Waals surface area (Å²) in [5.74, 6) is 0.381. The van der Waals surface area contributed by atoms with Crippen LogP contribution in [0.1, 0.15) is 70.4 Å². The van der Waals surface area contributed by atoms with Crippen molar-refractivity contribution in [1.29, 1.82) is 0 Å². The molecule has 0 radical (unpaired) electrons. The Labute approximate surface area is 217 Å². The zero-order valence-corrected chi connectivity index (χ0v) is 22.1. The standard InChI is InChI=1S/C26H33F3N6.C2H6/c1-34-12-10-18(11-13-34)31-20-8-5-9-23-19(20)14-24(35(23)16-26(27,28)29)22-15-21(32-25(30)33-22)17-6-3-2-4-7-17;1-2/h5,8-9,14-15,17-18,31H,2-4,6-7,10-13,16H2,1H3,(H2,30,32,33);1-2H3. The largest absolute Gasteiger partial charge is 0.406 e. The summed E-state index contributed by atoms with van der Waals surface area (Å²) in [6.07, 6.45) is 3.12. The van der Waals surface area contributed by atoms with E-state index in [1.807, 2.05) is 38.1 Å². The molecule has 202 valence electrons. The zero-order valence-electron chi connectivity index (χ0n) is 22.1. The van der Waals surface area contributed by atoms with Crippen molar-refractivity contribution in [2.75, 3.05) is 31.2 Å². The lowest BCUT2D eigenvalue weighted by Crippen LogP contribution is -2.36. The molecule has 2 aromatic heterocycles. The molecule has 1 aliphatic carbocycles. The van der Waals surface area contributed by atoms with Crippen molar-refractivity contribution in [3.63, 3.8) is 0 Å². The summed E-state index contributed by atoms with van der Waals surface area (Å²) in [7, 11) is 2.11. The molecule has 0 atom stereocenters. The van der Waals surface area contributed by atoms with Crippen LogP contribution >= 0.6 is 0 Å². The van der Waals surface area contributed by atoms with Gasteiger partial charge in [0, 0.05) is 28.7 Å². The maximum atomic E-state index is 13.7. The molecule has 0 spiro atoms. The second kappa shape index (κ2) is 11.7. The molecule has 2 aliphatic rings. The fraction of sp³-hybridized carbons (Fsp3) is 0.571. The number of alkyl halides is 3. The van der Waals surface area contributed by atoms with Gasteiger partial charge in [0.25, 0.3) is 0 Å². The van der Waals surface area contributed by atoms with Gasteiger partial charge in [-0.15, -0.1) is 0 Å². The molecule has 3 aromatic rings. The third-order valence-electron chi connectivity index (χ3n) is 7.41. The summed E-state index contributed by atoms with van der Waals surface area (Å²) in [5.41, 5.74) is 9.16. The summed E-state index contributed by atoms with van der Waals surface area (Å²) in [6.45, 7) is 4.91. The van der Waals surface area contributed by atoms with Gasteiger partial charge in [0.1, 0.15) is 6.54 Å². The summed E-state index contributed by atoms with van der Waals surface area (Å²) in [4.78, 5) is 11.1. The first-order chi connectivity index (χ1) is 17.8. The molecule has 9 heteroatoms. The topological polar surface area (TPSA) is 72.0 Å². The first kappa shape index (κ1) is 27.2. The highest BCUT2D eigenvalue weighted by molar-refractivity contribution is 5.96. The van der Waals surface area contributed by atoms with Gasteiger partial charge in [0.15, 0.2) is 0 Å². The van der Waals surface area contributed by atoms with Gasteiger partial charge < -0.3 is 20.5 Å². The number of fused-ring (bicyclic) bond motifs is 1. The fourth-order valence-corrected chi connectivity index (χ4v) is 5.57. The Morgan fingerprint density at radius 2 is 1.70 bits per heavy atom. The fourth-order valence-electron chi connectivity index (χ4n) is 5.57. The molecule has 3 heterocycles. The highest BCUT2D eigenvalue weighted by atomic mass is 19.4. The third-order valence-corrected chi connectivity index (χ3v) is 7.41. The van der Waals surface area contributed by atoms with Gasteiger partial charge in [-0.25, -0.2) is 9.97 Å². The van der Waals surface area contributed by atoms with Gasteiger partial charge in [0.05, 0.1) is 16.9 Å². The minimum atomic E-state index is -4.37. The van der Waals surface area contributed by atoms with Crippen LogP contribution in [0, 0.1) is 0 Å². The van der Waals surface area contributed by atoms with Crippen LogP contribution in [-0.2, 0) is 6.54 Å². The maximum absolute atomic E-state index is 13.7. The molecule has 1 aromatic carbocycles. The quantitative estimate of drug-likeness (QED) is 0.389. The Kier molecular flexibility index (Phi) is 8.62. The van der Waals surface area contributed by atoms with Gasteiger partial charge in [-0.05, 0) is 70.1 Å². The average Bonchev–Trinajstić information content (AvgIpc) is 3.25. The summed E-state index contributed by atoms with van der Waals surface area (Å²) >= 11 is 0. The lowest BCUT2D eigenvalue weighted by Gasteiger charge is -2.30. The molecule has 1 aliphatic heterocycles. The molecular formula is C28H39F3N6. The van der Waals surface area contributed by atoms with Gasteiger partial charge in [-0.2, -0.15) is 13.2 Å². The van der Waals surface area contributed by atoms with E-state index in [0.29, 0.717) is 22.9 Å². The van der Waals surface area contributed by atoms with Crippen molar-refractivity contribution in [3.05, 3.63) is 36.0 Å². The van der Waals surface area contributed by atoms with E-state index in [0.717, 1.165) is 68.4 Å². The van der Waals surface area contributed by atoms with Crippen molar-refractivity contribution in [1.82, 2.24) is 19.4 Å². The van der Waals surface area contributed by atoms with E-state index in [9.17, 15) is 13.2 Å². The average molecular weight is 517 g/mol. The zero-order chi connectivity index (χ0) is 26.6. The van der Waals surface area contributed by atoms with Crippen molar-refractivity contribution >= 4 is 22.5 Å². The number of aromatic nitrogens is 3. The third kappa shape index (κ3) is 6.55. The molecule has 1 saturated carbocycles. The SMILES string of the molecule is CC.CN1CCC(Nc2cccc3c2cc(-c2cc(C4CCCCC4)nc(N)n2)n3CC(F)(F)F)CC1. The van der Waals surface area contributed by atoms with Crippen molar-refractivity contribution in [2.24, 2.45) is 0 Å². The Bertz CT molecular complexity index is 1170. The number of nitrogen functional groups attached to an aromatic ring is 1. The number of nitrogens with one attached hydrogen (secondary N) is 1. The number of hydrogen-bond donors (Lipinski definition) is 2. The van der Waals surface area contributed by atoms with Crippen LogP contribution in [0.4, 0.5) is 24.8 Å². The van der Waals surface area contributed by atoms with Crippen LogP contribution in [0.2, 0.25) is 0 Å². The normalized spacial score (nSPS) is 18.0. The smallest absolute Gasteiger partial charge is 0.382 e. The van der Waals surface area contributed by atoms with Crippen LogP contribution in [0.25, 0.3) is 22.3 Å². The second-order valence-electron chi connectivity index (χ2n) is 10.1. The summed E-state index contributed by atoms with van der Waals surface area (Å²) in [5, 5.41) is 4.36. The molecule has 0 unspecified atom stereocenters. The van der Waals surface area contributed by atoms with E-state index in [2.05, 4.69) is 27.2 Å². The van der Waals surface area contributed by atoms with Crippen LogP contribution < -0.4 is 11.1 Å². The number of piperidine rings is 1. The lowest BCUT2D eigenvalue weighted by atomic mass is 9.86. The lowest BCUT2D eigenvalue weighted by molar-refractivity contribution is -0.139. The molecule has 3 N–H and O–H groups in total. The number of nitrogens with zero attached hydrogens (tertiary/aromatic N) is 4. The maximum Gasteiger partial charge on any atom is 0.406 e. The Hall–Kier alpha value is -2.81. The van der Waals surface area contributed by atoms with Gasteiger partial charge in [-0.3, -0.25) is 0 Å². The first-order valence-electron chi connectivity index (χ1n) is 13.6. The minimum absolute atomic E-state index is 0.108. The van der Waals surface area contributed by atoms with E-state index >= 15 is 0 Å². The van der Waals surface area contributed by atoms with E-state index in [1.165, 1.54) is 11.0 Å². The first-order valence-corrected chi connectivity index (χ1v) is 13.6. The summed E-state index contributed by atoms with van der Waals surface area (Å²) in [6, 6.07) is 9.47. The highest BCUT2D eigenvalue weighted by Gasteiger charge is 2.31. The summed E-state index contributed by atoms with van der Waals surface area (Å²) < 4.78 is 42.4. The van der Waals surface area contributed by atoms with Crippen molar-refractivity contribution in [2.45, 2.75) is 83.5 Å². The predicted octanol–water partition coefficient (Wildman–Crippen LogP) is 6.82.